The first-order valence-corrected chi connectivity index (χ1v) is 11.7. The van der Waals surface area contributed by atoms with Crippen LogP contribution in [0.25, 0.3) is 0 Å². The van der Waals surface area contributed by atoms with Gasteiger partial charge in [-0.25, -0.2) is 0 Å². The van der Waals surface area contributed by atoms with Crippen molar-refractivity contribution in [3.05, 3.63) is 80.7 Å². The highest BCUT2D eigenvalue weighted by Crippen LogP contribution is 2.34. The molecule has 1 fully saturated rings. The van der Waals surface area contributed by atoms with Crippen LogP contribution in [0.5, 0.6) is 0 Å². The molecule has 3 aromatic rings. The van der Waals surface area contributed by atoms with E-state index >= 15 is 0 Å². The molecule has 0 bridgehead atoms. The van der Waals surface area contributed by atoms with Crippen molar-refractivity contribution in [1.82, 2.24) is 4.90 Å². The molecule has 9 heteroatoms. The molecule has 0 spiro atoms. The highest BCUT2D eigenvalue weighted by molar-refractivity contribution is 7.16. The molecule has 0 atom stereocenters. The number of hydrogen-bond acceptors (Lipinski definition) is 5. The van der Waals surface area contributed by atoms with Crippen molar-refractivity contribution >= 4 is 39.4 Å². The van der Waals surface area contributed by atoms with Crippen molar-refractivity contribution < 1.29 is 18.0 Å². The van der Waals surface area contributed by atoms with Crippen LogP contribution in [-0.4, -0.2) is 36.9 Å². The molecule has 0 saturated carbocycles. The van der Waals surface area contributed by atoms with E-state index in [1.807, 2.05) is 6.92 Å². The van der Waals surface area contributed by atoms with Crippen molar-refractivity contribution in [2.24, 2.45) is 0 Å². The van der Waals surface area contributed by atoms with Gasteiger partial charge in [0, 0.05) is 53.9 Å². The molecule has 174 valence electrons. The van der Waals surface area contributed by atoms with Gasteiger partial charge in [-0.3, -0.25) is 9.69 Å². The summed E-state index contributed by atoms with van der Waals surface area (Å²) in [4.78, 5) is 18.5. The third-order valence-electron chi connectivity index (χ3n) is 5.88. The molecule has 1 saturated heterocycles. The number of hydrogen-bond donors (Lipinski definition) is 1. The molecule has 2 heterocycles. The van der Waals surface area contributed by atoms with E-state index < -0.39 is 11.7 Å². The average molecular weight is 494 g/mol. The van der Waals surface area contributed by atoms with Gasteiger partial charge in [0.2, 0.25) is 0 Å². The number of alkyl halides is 3. The summed E-state index contributed by atoms with van der Waals surface area (Å²) < 4.78 is 38.4. The topological polar surface area (TPSA) is 49.6 Å². The summed E-state index contributed by atoms with van der Waals surface area (Å²) in [6.45, 7) is 5.38. The predicted molar refractivity (Wildman–Crippen MR) is 127 cm³/mol. The second kappa shape index (κ2) is 9.37. The number of carbonyl (C=O) groups is 1. The Morgan fingerprint density at radius 2 is 1.64 bits per heavy atom. The van der Waals surface area contributed by atoms with Crippen LogP contribution in [0.15, 0.2) is 48.5 Å². The Morgan fingerprint density at radius 3 is 2.21 bits per heavy atom. The van der Waals surface area contributed by atoms with E-state index in [1.54, 1.807) is 24.3 Å². The molecule has 4 rings (SSSR count). The third-order valence-corrected chi connectivity index (χ3v) is 7.11. The first-order valence-electron chi connectivity index (χ1n) is 10.5. The van der Waals surface area contributed by atoms with Gasteiger partial charge >= 0.3 is 6.18 Å². The van der Waals surface area contributed by atoms with E-state index in [0.29, 0.717) is 40.8 Å². The summed E-state index contributed by atoms with van der Waals surface area (Å²) in [6, 6.07) is 12.0. The van der Waals surface area contributed by atoms with E-state index in [9.17, 15) is 18.0 Å². The lowest BCUT2D eigenvalue weighted by molar-refractivity contribution is -0.137. The molecule has 2 aromatic carbocycles. The number of anilines is 2. The Morgan fingerprint density at radius 1 is 1.03 bits per heavy atom. The van der Waals surface area contributed by atoms with Gasteiger partial charge in [0.1, 0.15) is 0 Å². The number of thiophene rings is 1. The minimum Gasteiger partial charge on any atom is -0.390 e. The predicted octanol–water partition coefficient (Wildman–Crippen LogP) is 5.86. The Balaban J connectivity index is 1.45. The van der Waals surface area contributed by atoms with Crippen LogP contribution in [0, 0.1) is 6.92 Å². The van der Waals surface area contributed by atoms with Crippen LogP contribution >= 0.6 is 22.9 Å². The normalized spacial score (nSPS) is 15.1. The van der Waals surface area contributed by atoms with E-state index in [-0.39, 0.29) is 5.78 Å². The SMILES string of the molecule is Cc1sc(N)c(C(=O)c2ccc(Cl)cc2)c1CN1CCN(c2ccc(C(F)(F)F)cc2)CC1. The maximum atomic E-state index is 13.2. The molecular formula is C24H23ClF3N3OS. The molecule has 33 heavy (non-hydrogen) atoms. The van der Waals surface area contributed by atoms with Crippen molar-refractivity contribution in [2.75, 3.05) is 36.8 Å². The molecule has 1 aromatic heterocycles. The van der Waals surface area contributed by atoms with Crippen LogP contribution in [0.3, 0.4) is 0 Å². The number of ketones is 1. The van der Waals surface area contributed by atoms with Crippen LogP contribution < -0.4 is 10.6 Å². The molecule has 0 aliphatic carbocycles. The summed E-state index contributed by atoms with van der Waals surface area (Å²) >= 11 is 7.36. The van der Waals surface area contributed by atoms with E-state index in [1.165, 1.54) is 23.5 Å². The molecule has 1 aliphatic rings. The minimum absolute atomic E-state index is 0.119. The largest absolute Gasteiger partial charge is 0.416 e. The van der Waals surface area contributed by atoms with Crippen LogP contribution in [0.2, 0.25) is 5.02 Å². The van der Waals surface area contributed by atoms with Gasteiger partial charge in [0.25, 0.3) is 0 Å². The zero-order valence-corrected chi connectivity index (χ0v) is 19.5. The fourth-order valence-electron chi connectivity index (χ4n) is 4.04. The number of nitrogens with two attached hydrogens (primary N) is 1. The molecule has 0 unspecified atom stereocenters. The number of rotatable bonds is 5. The lowest BCUT2D eigenvalue weighted by Gasteiger charge is -2.36. The molecule has 0 radical (unpaired) electrons. The fraction of sp³-hybridized carbons (Fsp3) is 0.292. The molecule has 2 N–H and O–H groups in total. The third kappa shape index (κ3) is 5.18. The van der Waals surface area contributed by atoms with Gasteiger partial charge in [-0.2, -0.15) is 13.2 Å². The second-order valence-corrected chi connectivity index (χ2v) is 9.71. The molecule has 4 nitrogen and oxygen atoms in total. The van der Waals surface area contributed by atoms with E-state index in [2.05, 4.69) is 9.80 Å². The van der Waals surface area contributed by atoms with Gasteiger partial charge in [0.05, 0.1) is 16.1 Å². The highest BCUT2D eigenvalue weighted by atomic mass is 35.5. The Labute approximate surface area is 199 Å². The monoisotopic (exact) mass is 493 g/mol. The lowest BCUT2D eigenvalue weighted by Crippen LogP contribution is -2.46. The average Bonchev–Trinajstić information content (AvgIpc) is 3.06. The zero-order chi connectivity index (χ0) is 23.8. The first kappa shape index (κ1) is 23.6. The van der Waals surface area contributed by atoms with Crippen molar-refractivity contribution in [3.63, 3.8) is 0 Å². The van der Waals surface area contributed by atoms with E-state index in [0.717, 1.165) is 41.4 Å². The fourth-order valence-corrected chi connectivity index (χ4v) is 5.10. The molecular weight excluding hydrogens is 471 g/mol. The zero-order valence-electron chi connectivity index (χ0n) is 18.0. The highest BCUT2D eigenvalue weighted by Gasteiger charge is 2.30. The van der Waals surface area contributed by atoms with Gasteiger partial charge in [0.15, 0.2) is 5.78 Å². The molecule has 0 amide bonds. The van der Waals surface area contributed by atoms with Crippen LogP contribution in [0.1, 0.15) is 31.9 Å². The smallest absolute Gasteiger partial charge is 0.390 e. The summed E-state index contributed by atoms with van der Waals surface area (Å²) in [5, 5.41) is 1.07. The number of carbonyl (C=O) groups excluding carboxylic acids is 1. The van der Waals surface area contributed by atoms with Gasteiger partial charge in [-0.1, -0.05) is 11.6 Å². The second-order valence-electron chi connectivity index (χ2n) is 8.02. The summed E-state index contributed by atoms with van der Waals surface area (Å²) in [5.74, 6) is -0.119. The van der Waals surface area contributed by atoms with Crippen molar-refractivity contribution in [1.29, 1.82) is 0 Å². The number of benzene rings is 2. The van der Waals surface area contributed by atoms with Gasteiger partial charge < -0.3 is 10.6 Å². The van der Waals surface area contributed by atoms with Crippen LogP contribution in [0.4, 0.5) is 23.9 Å². The summed E-state index contributed by atoms with van der Waals surface area (Å²) in [6.07, 6.45) is -4.33. The number of aryl methyl sites for hydroxylation is 1. The van der Waals surface area contributed by atoms with Crippen molar-refractivity contribution in [3.8, 4) is 0 Å². The first-order chi connectivity index (χ1) is 15.6. The number of nitrogen functional groups attached to an aromatic ring is 1. The standard InChI is InChI=1S/C24H23ClF3N3OS/c1-15-20(21(23(29)33-15)22(32)16-2-6-18(25)7-3-16)14-30-10-12-31(13-11-30)19-8-4-17(5-9-19)24(26,27)28/h2-9H,10-14,29H2,1H3. The Bertz CT molecular complexity index is 1140. The maximum Gasteiger partial charge on any atom is 0.416 e. The number of piperazine rings is 1. The quantitative estimate of drug-likeness (QED) is 0.452. The summed E-state index contributed by atoms with van der Waals surface area (Å²) in [7, 11) is 0. The van der Waals surface area contributed by atoms with Crippen molar-refractivity contribution in [2.45, 2.75) is 19.6 Å². The molecule has 1 aliphatic heterocycles. The minimum atomic E-state index is -4.33. The maximum absolute atomic E-state index is 13.2. The van der Waals surface area contributed by atoms with Gasteiger partial charge in [-0.15, -0.1) is 11.3 Å². The summed E-state index contributed by atoms with van der Waals surface area (Å²) in [5.41, 5.74) is 8.37. The Hall–Kier alpha value is -2.55. The number of nitrogens with zero attached hydrogens (tertiary/aromatic N) is 2. The van der Waals surface area contributed by atoms with Gasteiger partial charge in [-0.05, 0) is 61.0 Å². The van der Waals surface area contributed by atoms with Crippen LogP contribution in [-0.2, 0) is 12.7 Å². The lowest BCUT2D eigenvalue weighted by atomic mass is 9.99. The van der Waals surface area contributed by atoms with E-state index in [4.69, 9.17) is 17.3 Å². The Kier molecular flexibility index (Phi) is 6.70. The number of halogens is 4.